The second kappa shape index (κ2) is 4.56. The molecule has 0 radical (unpaired) electrons. The van der Waals surface area contributed by atoms with Crippen LogP contribution in [0.3, 0.4) is 0 Å². The predicted molar refractivity (Wildman–Crippen MR) is 62.0 cm³/mol. The molecule has 17 heavy (non-hydrogen) atoms. The summed E-state index contributed by atoms with van der Waals surface area (Å²) >= 11 is 1.40. The van der Waals surface area contributed by atoms with Crippen molar-refractivity contribution < 1.29 is 14.4 Å². The van der Waals surface area contributed by atoms with E-state index in [1.165, 1.54) is 11.3 Å². The van der Waals surface area contributed by atoms with Crippen LogP contribution in [0.4, 0.5) is 0 Å². The van der Waals surface area contributed by atoms with Gasteiger partial charge in [-0.15, -0.1) is 11.3 Å². The third-order valence-corrected chi connectivity index (χ3v) is 3.15. The molecule has 2 aromatic heterocycles. The highest BCUT2D eigenvalue weighted by molar-refractivity contribution is 7.13. The van der Waals surface area contributed by atoms with Gasteiger partial charge in [-0.2, -0.15) is 5.16 Å². The van der Waals surface area contributed by atoms with Gasteiger partial charge in [-0.1, -0.05) is 6.07 Å². The summed E-state index contributed by atoms with van der Waals surface area (Å²) in [5, 5.41) is 12.8. The molecule has 90 valence electrons. The molecule has 4 N–H and O–H groups in total. The van der Waals surface area contributed by atoms with E-state index >= 15 is 0 Å². The number of thiophene rings is 1. The number of rotatable bonds is 4. The Kier molecular flexibility index (Phi) is 3.12. The normalized spacial score (nSPS) is 12.5. The molecule has 1 atom stereocenters. The van der Waals surface area contributed by atoms with Crippen molar-refractivity contribution in [2.75, 3.05) is 0 Å². The Morgan fingerprint density at radius 2 is 2.41 bits per heavy atom. The third-order valence-electron chi connectivity index (χ3n) is 2.28. The van der Waals surface area contributed by atoms with E-state index in [0.29, 0.717) is 5.76 Å². The van der Waals surface area contributed by atoms with Crippen LogP contribution < -0.4 is 11.3 Å². The van der Waals surface area contributed by atoms with Crippen LogP contribution >= 0.6 is 11.3 Å². The first-order chi connectivity index (χ1) is 8.09. The lowest BCUT2D eigenvalue weighted by atomic mass is 10.1. The number of carboxylic acids is 1. The average molecular weight is 254 g/mol. The fourth-order valence-corrected chi connectivity index (χ4v) is 2.16. The van der Waals surface area contributed by atoms with Gasteiger partial charge in [-0.3, -0.25) is 9.59 Å². The molecule has 0 saturated heterocycles. The molecular weight excluding hydrogens is 244 g/mol. The van der Waals surface area contributed by atoms with Gasteiger partial charge in [0, 0.05) is 6.42 Å². The van der Waals surface area contributed by atoms with E-state index in [4.69, 9.17) is 15.4 Å². The van der Waals surface area contributed by atoms with E-state index in [1.807, 2.05) is 11.4 Å². The van der Waals surface area contributed by atoms with Crippen LogP contribution in [0.25, 0.3) is 10.6 Å². The summed E-state index contributed by atoms with van der Waals surface area (Å²) in [5.74, 6) is -0.788. The van der Waals surface area contributed by atoms with Crippen LogP contribution in [0.5, 0.6) is 0 Å². The number of carbonyl (C=O) groups is 1. The number of H-pyrrole nitrogens is 1. The highest BCUT2D eigenvalue weighted by atomic mass is 32.1. The van der Waals surface area contributed by atoms with E-state index in [0.717, 1.165) is 4.88 Å². The summed E-state index contributed by atoms with van der Waals surface area (Å²) in [6, 6.07) is 2.48. The zero-order valence-corrected chi connectivity index (χ0v) is 9.49. The topological polar surface area (TPSA) is 109 Å². The number of nitrogens with two attached hydrogens (primary N) is 1. The van der Waals surface area contributed by atoms with Crippen molar-refractivity contribution in [1.29, 1.82) is 0 Å². The molecule has 0 fully saturated rings. The van der Waals surface area contributed by atoms with Crippen LogP contribution in [0, 0.1) is 0 Å². The lowest BCUT2D eigenvalue weighted by Crippen LogP contribution is -2.33. The third kappa shape index (κ3) is 2.29. The maximum absolute atomic E-state index is 11.5. The van der Waals surface area contributed by atoms with Gasteiger partial charge >= 0.3 is 5.97 Å². The van der Waals surface area contributed by atoms with Gasteiger partial charge in [0.25, 0.3) is 5.56 Å². The van der Waals surface area contributed by atoms with E-state index in [1.54, 1.807) is 6.07 Å². The maximum Gasteiger partial charge on any atom is 0.320 e. The molecule has 0 unspecified atom stereocenters. The van der Waals surface area contributed by atoms with Crippen molar-refractivity contribution in [1.82, 2.24) is 5.16 Å². The van der Waals surface area contributed by atoms with E-state index < -0.39 is 17.6 Å². The van der Waals surface area contributed by atoms with Gasteiger partial charge in [0.15, 0.2) is 5.76 Å². The number of aliphatic carboxylic acids is 1. The van der Waals surface area contributed by atoms with E-state index in [9.17, 15) is 9.59 Å². The minimum atomic E-state index is -1.15. The van der Waals surface area contributed by atoms with Crippen molar-refractivity contribution in [2.24, 2.45) is 5.73 Å². The molecule has 0 saturated carbocycles. The quantitative estimate of drug-likeness (QED) is 0.742. The van der Waals surface area contributed by atoms with Crippen LogP contribution in [0.15, 0.2) is 26.8 Å². The molecule has 2 aromatic rings. The summed E-state index contributed by atoms with van der Waals surface area (Å²) in [5.41, 5.74) is 5.23. The first-order valence-electron chi connectivity index (χ1n) is 4.82. The minimum absolute atomic E-state index is 0.0611. The first-order valence-corrected chi connectivity index (χ1v) is 5.70. The Balaban J connectivity index is 2.37. The Hall–Kier alpha value is -1.86. The summed E-state index contributed by atoms with van der Waals surface area (Å²) in [4.78, 5) is 22.9. The molecule has 2 heterocycles. The van der Waals surface area contributed by atoms with Gasteiger partial charge in [0.1, 0.15) is 6.04 Å². The van der Waals surface area contributed by atoms with E-state index in [2.05, 4.69) is 5.16 Å². The van der Waals surface area contributed by atoms with Crippen molar-refractivity contribution in [2.45, 2.75) is 12.5 Å². The number of hydrogen-bond donors (Lipinski definition) is 3. The number of nitrogens with one attached hydrogen (secondary N) is 1. The molecule has 0 aliphatic rings. The van der Waals surface area contributed by atoms with Gasteiger partial charge in [0.2, 0.25) is 0 Å². The average Bonchev–Trinajstić information content (AvgIpc) is 2.89. The predicted octanol–water partition coefficient (Wildman–Crippen LogP) is 0.651. The van der Waals surface area contributed by atoms with Crippen molar-refractivity contribution in [3.8, 4) is 10.6 Å². The van der Waals surface area contributed by atoms with Gasteiger partial charge in [-0.25, -0.2) is 0 Å². The molecule has 0 bridgehead atoms. The maximum atomic E-state index is 11.5. The highest BCUT2D eigenvalue weighted by Crippen LogP contribution is 2.26. The SMILES string of the molecule is N[C@@H](Cc1c(-c2cccs2)o[nH]c1=O)C(=O)O. The Morgan fingerprint density at radius 3 is 3.00 bits per heavy atom. The molecule has 0 amide bonds. The number of aromatic amines is 1. The van der Waals surface area contributed by atoms with Crippen LogP contribution in [0.2, 0.25) is 0 Å². The standard InChI is InChI=1S/C10H10N2O4S/c11-6(10(14)15)4-5-8(16-12-9(5)13)7-2-1-3-17-7/h1-3,6H,4,11H2,(H,12,13)(H,14,15)/t6-/m0/s1. The summed E-state index contributed by atoms with van der Waals surface area (Å²) in [6.45, 7) is 0. The van der Waals surface area contributed by atoms with Crippen LogP contribution in [-0.4, -0.2) is 22.3 Å². The van der Waals surface area contributed by atoms with Crippen molar-refractivity contribution >= 4 is 17.3 Å². The minimum Gasteiger partial charge on any atom is -0.480 e. The zero-order valence-electron chi connectivity index (χ0n) is 8.67. The fraction of sp³-hybridized carbons (Fsp3) is 0.200. The first kappa shape index (κ1) is 11.6. The smallest absolute Gasteiger partial charge is 0.320 e. The Bertz CT molecular complexity index is 569. The van der Waals surface area contributed by atoms with Crippen LogP contribution in [0.1, 0.15) is 5.56 Å². The molecule has 2 rings (SSSR count). The van der Waals surface area contributed by atoms with Gasteiger partial charge in [-0.05, 0) is 11.4 Å². The van der Waals surface area contributed by atoms with Gasteiger partial charge < -0.3 is 15.4 Å². The summed E-state index contributed by atoms with van der Waals surface area (Å²) in [7, 11) is 0. The molecule has 0 aromatic carbocycles. The summed E-state index contributed by atoms with van der Waals surface area (Å²) in [6.07, 6.45) is -0.0611. The van der Waals surface area contributed by atoms with Crippen molar-refractivity contribution in [3.63, 3.8) is 0 Å². The molecule has 7 heteroatoms. The number of hydrogen-bond acceptors (Lipinski definition) is 5. The van der Waals surface area contributed by atoms with E-state index in [-0.39, 0.29) is 12.0 Å². The number of aromatic nitrogens is 1. The second-order valence-electron chi connectivity index (χ2n) is 3.47. The number of carboxylic acid groups (broad SMARTS) is 1. The van der Waals surface area contributed by atoms with Gasteiger partial charge in [0.05, 0.1) is 10.4 Å². The lowest BCUT2D eigenvalue weighted by Gasteiger charge is -2.03. The summed E-state index contributed by atoms with van der Waals surface area (Å²) < 4.78 is 5.04. The molecule has 6 nitrogen and oxygen atoms in total. The Morgan fingerprint density at radius 1 is 1.65 bits per heavy atom. The molecule has 0 spiro atoms. The lowest BCUT2D eigenvalue weighted by molar-refractivity contribution is -0.138. The Labute approximate surface area is 99.6 Å². The highest BCUT2D eigenvalue weighted by Gasteiger charge is 2.21. The largest absolute Gasteiger partial charge is 0.480 e. The molecule has 0 aliphatic carbocycles. The second-order valence-corrected chi connectivity index (χ2v) is 4.41. The van der Waals surface area contributed by atoms with Crippen molar-refractivity contribution in [3.05, 3.63) is 33.4 Å². The molecular formula is C10H10N2O4S. The monoisotopic (exact) mass is 254 g/mol. The molecule has 0 aliphatic heterocycles. The van der Waals surface area contributed by atoms with Crippen LogP contribution in [-0.2, 0) is 11.2 Å². The fourth-order valence-electron chi connectivity index (χ4n) is 1.42. The zero-order chi connectivity index (χ0) is 12.4.